The quantitative estimate of drug-likeness (QED) is 0.305. The molecule has 2 atom stereocenters. The van der Waals surface area contributed by atoms with Crippen molar-refractivity contribution < 1.29 is 0 Å². The lowest BCUT2D eigenvalue weighted by Gasteiger charge is -2.32. The summed E-state index contributed by atoms with van der Waals surface area (Å²) >= 11 is 12.2. The van der Waals surface area contributed by atoms with Crippen molar-refractivity contribution in [3.05, 3.63) is 93.6 Å². The molecular formula is C28H26Cl2N2. The van der Waals surface area contributed by atoms with Gasteiger partial charge in [0.05, 0.1) is 0 Å². The van der Waals surface area contributed by atoms with E-state index in [2.05, 4.69) is 59.0 Å². The van der Waals surface area contributed by atoms with Crippen molar-refractivity contribution in [3.63, 3.8) is 0 Å². The van der Waals surface area contributed by atoms with Crippen molar-refractivity contribution in [3.8, 4) is 11.1 Å². The molecule has 2 nitrogen and oxygen atoms in total. The van der Waals surface area contributed by atoms with Crippen LogP contribution in [0, 0.1) is 0 Å². The van der Waals surface area contributed by atoms with Crippen molar-refractivity contribution in [2.45, 2.75) is 44.3 Å². The molecule has 0 saturated carbocycles. The van der Waals surface area contributed by atoms with E-state index >= 15 is 0 Å². The minimum absolute atomic E-state index is 0.531. The van der Waals surface area contributed by atoms with Crippen LogP contribution in [0.3, 0.4) is 0 Å². The highest BCUT2D eigenvalue weighted by molar-refractivity contribution is 6.30. The largest absolute Gasteiger partial charge is 0.344 e. The lowest BCUT2D eigenvalue weighted by Crippen LogP contribution is -2.34. The van der Waals surface area contributed by atoms with Gasteiger partial charge in [0, 0.05) is 51.7 Å². The van der Waals surface area contributed by atoms with Crippen LogP contribution in [0.5, 0.6) is 0 Å². The smallest absolute Gasteiger partial charge is 0.0486 e. The molecule has 2 aliphatic heterocycles. The van der Waals surface area contributed by atoms with E-state index in [0.29, 0.717) is 12.1 Å². The summed E-state index contributed by atoms with van der Waals surface area (Å²) in [5.74, 6) is 0. The predicted molar refractivity (Wildman–Crippen MR) is 135 cm³/mol. The molecule has 0 N–H and O–H groups in total. The van der Waals surface area contributed by atoms with Crippen molar-refractivity contribution >= 4 is 34.1 Å². The zero-order chi connectivity index (χ0) is 21.8. The highest BCUT2D eigenvalue weighted by Gasteiger charge is 2.40. The van der Waals surface area contributed by atoms with Gasteiger partial charge in [-0.3, -0.25) is 4.90 Å². The number of benzene rings is 3. The average Bonchev–Trinajstić information content (AvgIpc) is 3.22. The molecule has 2 bridgehead atoms. The molecule has 2 unspecified atom stereocenters. The first kappa shape index (κ1) is 20.4. The molecule has 0 radical (unpaired) electrons. The highest BCUT2D eigenvalue weighted by atomic mass is 35.5. The first-order chi connectivity index (χ1) is 15.6. The van der Waals surface area contributed by atoms with Crippen molar-refractivity contribution in [1.29, 1.82) is 0 Å². The Bertz CT molecular complexity index is 1290. The van der Waals surface area contributed by atoms with Crippen LogP contribution in [-0.4, -0.2) is 22.6 Å². The normalized spacial score (nSPS) is 20.1. The summed E-state index contributed by atoms with van der Waals surface area (Å²) in [6, 6.07) is 24.7. The van der Waals surface area contributed by atoms with Crippen LogP contribution in [-0.2, 0) is 19.4 Å². The maximum atomic E-state index is 6.13. The third kappa shape index (κ3) is 3.37. The van der Waals surface area contributed by atoms with E-state index in [0.717, 1.165) is 29.4 Å². The predicted octanol–water partition coefficient (Wildman–Crippen LogP) is 7.55. The number of nitrogens with zero attached hydrogens (tertiary/aromatic N) is 2. The third-order valence-corrected chi connectivity index (χ3v) is 8.04. The van der Waals surface area contributed by atoms with E-state index in [9.17, 15) is 0 Å². The van der Waals surface area contributed by atoms with Crippen LogP contribution in [0.25, 0.3) is 22.0 Å². The second-order valence-electron chi connectivity index (χ2n) is 9.24. The Morgan fingerprint density at radius 1 is 0.844 bits per heavy atom. The average molecular weight is 461 g/mol. The van der Waals surface area contributed by atoms with Gasteiger partial charge in [-0.15, -0.1) is 0 Å². The SMILES string of the molecule is CN1C2CCC1c1c(n(CCc3ccc(Cl)cc3)c3ccc(-c4ccc(Cl)cc4)cc13)C2. The van der Waals surface area contributed by atoms with Crippen molar-refractivity contribution in [2.24, 2.45) is 0 Å². The number of halogens is 2. The number of aryl methyl sites for hydroxylation is 2. The Morgan fingerprint density at radius 2 is 1.53 bits per heavy atom. The monoisotopic (exact) mass is 460 g/mol. The summed E-state index contributed by atoms with van der Waals surface area (Å²) in [7, 11) is 2.31. The standard InChI is InChI=1S/C28H26Cl2N2/c1-31-23-11-13-26(31)28-24-16-20(19-4-9-22(30)10-5-19)6-12-25(24)32(27(28)17-23)15-14-18-2-7-21(29)8-3-18/h2-10,12,16,23,26H,11,13-15,17H2,1H3. The molecular weight excluding hydrogens is 435 g/mol. The van der Waals surface area contributed by atoms with Crippen molar-refractivity contribution in [1.82, 2.24) is 9.47 Å². The van der Waals surface area contributed by atoms with Gasteiger partial charge in [-0.2, -0.15) is 0 Å². The van der Waals surface area contributed by atoms with E-state index in [1.54, 1.807) is 11.3 Å². The van der Waals surface area contributed by atoms with Crippen LogP contribution < -0.4 is 0 Å². The molecule has 1 fully saturated rings. The van der Waals surface area contributed by atoms with E-state index < -0.39 is 0 Å². The van der Waals surface area contributed by atoms with Gasteiger partial charge in [-0.25, -0.2) is 0 Å². The van der Waals surface area contributed by atoms with E-state index in [1.165, 1.54) is 40.4 Å². The second kappa shape index (κ2) is 7.95. The zero-order valence-corrected chi connectivity index (χ0v) is 19.7. The summed E-state index contributed by atoms with van der Waals surface area (Å²) in [6.45, 7) is 0.997. The fourth-order valence-electron chi connectivity index (χ4n) is 5.82. The number of hydrogen-bond acceptors (Lipinski definition) is 1. The summed E-state index contributed by atoms with van der Waals surface area (Å²) < 4.78 is 2.60. The molecule has 0 amide bonds. The topological polar surface area (TPSA) is 8.17 Å². The lowest BCUT2D eigenvalue weighted by molar-refractivity contribution is 0.222. The van der Waals surface area contributed by atoms with Gasteiger partial charge in [-0.1, -0.05) is 53.5 Å². The molecule has 4 heteroatoms. The fraction of sp³-hybridized carbons (Fsp3) is 0.286. The molecule has 1 aromatic heterocycles. The lowest BCUT2D eigenvalue weighted by atomic mass is 9.95. The molecule has 32 heavy (non-hydrogen) atoms. The second-order valence-corrected chi connectivity index (χ2v) is 10.1. The molecule has 4 aromatic rings. The summed E-state index contributed by atoms with van der Waals surface area (Å²) in [5, 5.41) is 2.99. The maximum absolute atomic E-state index is 6.13. The number of fused-ring (bicyclic) bond motifs is 6. The number of hydrogen-bond donors (Lipinski definition) is 0. The Morgan fingerprint density at radius 3 is 2.28 bits per heavy atom. The highest BCUT2D eigenvalue weighted by Crippen LogP contribution is 2.47. The number of aromatic nitrogens is 1. The molecule has 0 aliphatic carbocycles. The Kier molecular flexibility index (Phi) is 5.06. The minimum Gasteiger partial charge on any atom is -0.344 e. The molecule has 3 heterocycles. The van der Waals surface area contributed by atoms with Crippen LogP contribution in [0.2, 0.25) is 10.0 Å². The van der Waals surface area contributed by atoms with Gasteiger partial charge < -0.3 is 4.57 Å². The van der Waals surface area contributed by atoms with Crippen molar-refractivity contribution in [2.75, 3.05) is 7.05 Å². The van der Waals surface area contributed by atoms with Gasteiger partial charge in [0.15, 0.2) is 0 Å². The molecule has 162 valence electrons. The molecule has 6 rings (SSSR count). The van der Waals surface area contributed by atoms with Gasteiger partial charge >= 0.3 is 0 Å². The first-order valence-corrected chi connectivity index (χ1v) is 12.2. The summed E-state index contributed by atoms with van der Waals surface area (Å²) in [5.41, 5.74) is 8.28. The molecule has 3 aromatic carbocycles. The molecule has 2 aliphatic rings. The molecule has 0 spiro atoms. The van der Waals surface area contributed by atoms with Gasteiger partial charge in [0.2, 0.25) is 0 Å². The van der Waals surface area contributed by atoms with E-state index in [1.807, 2.05) is 24.3 Å². The molecule has 1 saturated heterocycles. The third-order valence-electron chi connectivity index (χ3n) is 7.53. The van der Waals surface area contributed by atoms with E-state index in [4.69, 9.17) is 23.2 Å². The van der Waals surface area contributed by atoms with Crippen LogP contribution in [0.15, 0.2) is 66.7 Å². The Labute approximate surface area is 199 Å². The van der Waals surface area contributed by atoms with Crippen LogP contribution in [0.4, 0.5) is 0 Å². The number of likely N-dealkylation sites (N-methyl/N-ethyl adjacent to an activating group) is 1. The summed E-state index contributed by atoms with van der Waals surface area (Å²) in [4.78, 5) is 2.61. The van der Waals surface area contributed by atoms with Crippen LogP contribution >= 0.6 is 23.2 Å². The van der Waals surface area contributed by atoms with Gasteiger partial charge in [0.1, 0.15) is 0 Å². The van der Waals surface area contributed by atoms with E-state index in [-0.39, 0.29) is 0 Å². The number of rotatable bonds is 4. The fourth-order valence-corrected chi connectivity index (χ4v) is 6.08. The Hall–Kier alpha value is -2.26. The van der Waals surface area contributed by atoms with Crippen LogP contribution in [0.1, 0.15) is 35.7 Å². The zero-order valence-electron chi connectivity index (χ0n) is 18.2. The van der Waals surface area contributed by atoms with Gasteiger partial charge in [-0.05, 0) is 85.0 Å². The first-order valence-electron chi connectivity index (χ1n) is 11.5. The Balaban J connectivity index is 1.46. The summed E-state index contributed by atoms with van der Waals surface area (Å²) in [6.07, 6.45) is 4.71. The maximum Gasteiger partial charge on any atom is 0.0486 e. The minimum atomic E-state index is 0.531. The van der Waals surface area contributed by atoms with Gasteiger partial charge in [0.25, 0.3) is 0 Å².